The fourth-order valence-corrected chi connectivity index (χ4v) is 4.27. The van der Waals surface area contributed by atoms with Crippen molar-refractivity contribution in [1.29, 1.82) is 0 Å². The van der Waals surface area contributed by atoms with Crippen LogP contribution in [0.4, 0.5) is 4.79 Å². The van der Waals surface area contributed by atoms with Gasteiger partial charge in [0.05, 0.1) is 0 Å². The summed E-state index contributed by atoms with van der Waals surface area (Å²) in [5, 5.41) is 7.20. The van der Waals surface area contributed by atoms with Gasteiger partial charge in [-0.05, 0) is 57.7 Å². The number of likely N-dealkylation sites (tertiary alicyclic amines) is 1. The monoisotopic (exact) mass is 437 g/mol. The lowest BCUT2D eigenvalue weighted by Gasteiger charge is -2.34. The first-order chi connectivity index (χ1) is 15.4. The summed E-state index contributed by atoms with van der Waals surface area (Å²) in [6.45, 7) is 10.0. The Hall–Kier alpha value is -2.37. The minimum atomic E-state index is -0.446. The molecule has 0 unspecified atom stereocenters. The third-order valence-electron chi connectivity index (χ3n) is 5.82. The molecule has 1 fully saturated rings. The molecule has 1 aliphatic heterocycles. The van der Waals surface area contributed by atoms with E-state index in [0.29, 0.717) is 12.0 Å². The van der Waals surface area contributed by atoms with Crippen molar-refractivity contribution in [2.45, 2.75) is 57.6 Å². The number of nitrogens with zero attached hydrogens (tertiary/aromatic N) is 1. The molecule has 2 N–H and O–H groups in total. The lowest BCUT2D eigenvalue weighted by Crippen LogP contribution is -2.50. The summed E-state index contributed by atoms with van der Waals surface area (Å²) in [7, 11) is 0. The molecule has 1 amide bonds. The maximum Gasteiger partial charge on any atom is 0.410 e. The molecule has 1 atom stereocenters. The Bertz CT molecular complexity index is 765. The second-order valence-electron chi connectivity index (χ2n) is 9.63. The number of ether oxygens (including phenoxy) is 1. The molecular formula is C27H39N3O2. The summed E-state index contributed by atoms with van der Waals surface area (Å²) in [5.74, 6) is 0.401. The third-order valence-corrected chi connectivity index (χ3v) is 5.82. The number of hydrogen-bond donors (Lipinski definition) is 2. The van der Waals surface area contributed by atoms with Crippen LogP contribution >= 0.6 is 0 Å². The van der Waals surface area contributed by atoms with Crippen LogP contribution in [0.25, 0.3) is 0 Å². The van der Waals surface area contributed by atoms with Crippen LogP contribution in [0.5, 0.6) is 0 Å². The molecule has 0 radical (unpaired) electrons. The summed E-state index contributed by atoms with van der Waals surface area (Å²) >= 11 is 0. The van der Waals surface area contributed by atoms with E-state index in [9.17, 15) is 4.79 Å². The van der Waals surface area contributed by atoms with E-state index in [2.05, 4.69) is 71.3 Å². The van der Waals surface area contributed by atoms with E-state index in [0.717, 1.165) is 52.0 Å². The van der Waals surface area contributed by atoms with Gasteiger partial charge in [0.15, 0.2) is 0 Å². The Morgan fingerprint density at radius 1 is 1.00 bits per heavy atom. The number of benzene rings is 2. The molecule has 0 aromatic heterocycles. The smallest absolute Gasteiger partial charge is 0.410 e. The fourth-order valence-electron chi connectivity index (χ4n) is 4.27. The van der Waals surface area contributed by atoms with Crippen LogP contribution in [0.1, 0.15) is 57.1 Å². The Morgan fingerprint density at radius 3 is 2.22 bits per heavy atom. The van der Waals surface area contributed by atoms with Crippen LogP contribution in [0.2, 0.25) is 0 Å². The lowest BCUT2D eigenvalue weighted by molar-refractivity contribution is 0.0188. The summed E-state index contributed by atoms with van der Waals surface area (Å²) in [5.41, 5.74) is 2.28. The molecule has 2 aromatic rings. The summed E-state index contributed by atoms with van der Waals surface area (Å²) in [4.78, 5) is 14.2. The first kappa shape index (κ1) is 24.3. The lowest BCUT2D eigenvalue weighted by atomic mass is 9.88. The van der Waals surface area contributed by atoms with Gasteiger partial charge < -0.3 is 20.3 Å². The number of piperidine rings is 1. The molecule has 0 saturated carbocycles. The molecule has 0 bridgehead atoms. The molecule has 0 aliphatic carbocycles. The Morgan fingerprint density at radius 2 is 1.62 bits per heavy atom. The van der Waals surface area contributed by atoms with E-state index >= 15 is 0 Å². The first-order valence-corrected chi connectivity index (χ1v) is 11.9. The highest BCUT2D eigenvalue weighted by molar-refractivity contribution is 5.68. The largest absolute Gasteiger partial charge is 0.444 e. The fraction of sp³-hybridized carbons (Fsp3) is 0.519. The predicted molar refractivity (Wildman–Crippen MR) is 131 cm³/mol. The van der Waals surface area contributed by atoms with E-state index in [-0.39, 0.29) is 6.09 Å². The number of amides is 1. The molecular weight excluding hydrogens is 398 g/mol. The van der Waals surface area contributed by atoms with Gasteiger partial charge in [-0.2, -0.15) is 0 Å². The van der Waals surface area contributed by atoms with Gasteiger partial charge in [0.2, 0.25) is 0 Å². The van der Waals surface area contributed by atoms with Crippen molar-refractivity contribution in [3.8, 4) is 0 Å². The third kappa shape index (κ3) is 7.95. The molecule has 174 valence electrons. The average molecular weight is 438 g/mol. The Labute approximate surface area is 193 Å². The molecule has 1 heterocycles. The highest BCUT2D eigenvalue weighted by Crippen LogP contribution is 2.27. The van der Waals surface area contributed by atoms with E-state index in [1.54, 1.807) is 0 Å². The van der Waals surface area contributed by atoms with Crippen molar-refractivity contribution in [2.24, 2.45) is 0 Å². The maximum atomic E-state index is 12.3. The van der Waals surface area contributed by atoms with E-state index in [1.165, 1.54) is 11.1 Å². The van der Waals surface area contributed by atoms with Crippen molar-refractivity contribution in [2.75, 3.05) is 32.7 Å². The number of rotatable bonds is 9. The van der Waals surface area contributed by atoms with Gasteiger partial charge in [0, 0.05) is 38.1 Å². The molecule has 5 nitrogen and oxygen atoms in total. The van der Waals surface area contributed by atoms with Crippen molar-refractivity contribution in [1.82, 2.24) is 15.5 Å². The van der Waals surface area contributed by atoms with E-state index in [4.69, 9.17) is 4.74 Å². The zero-order chi connectivity index (χ0) is 22.8. The van der Waals surface area contributed by atoms with Gasteiger partial charge in [-0.1, -0.05) is 60.7 Å². The molecule has 5 heteroatoms. The molecule has 0 spiro atoms. The quantitative estimate of drug-likeness (QED) is 0.554. The highest BCUT2D eigenvalue weighted by Gasteiger charge is 2.27. The topological polar surface area (TPSA) is 53.6 Å². The zero-order valence-corrected chi connectivity index (χ0v) is 19.8. The number of carbonyl (C=O) groups excluding carboxylic acids is 1. The normalized spacial score (nSPS) is 16.9. The SMILES string of the molecule is CC(C)(C)OC(=O)N1CCC[C@@H](NCCNCCC(c2ccccc2)c2ccccc2)C1. The van der Waals surface area contributed by atoms with Gasteiger partial charge in [-0.15, -0.1) is 0 Å². The molecule has 2 aromatic carbocycles. The van der Waals surface area contributed by atoms with Crippen molar-refractivity contribution in [3.63, 3.8) is 0 Å². The summed E-state index contributed by atoms with van der Waals surface area (Å²) in [6, 6.07) is 21.8. The predicted octanol–water partition coefficient (Wildman–Crippen LogP) is 4.79. The Kier molecular flexibility index (Phi) is 9.12. The van der Waals surface area contributed by atoms with Crippen molar-refractivity contribution < 1.29 is 9.53 Å². The van der Waals surface area contributed by atoms with Crippen LogP contribution in [0.3, 0.4) is 0 Å². The van der Waals surface area contributed by atoms with Crippen LogP contribution in [0, 0.1) is 0 Å². The van der Waals surface area contributed by atoms with Gasteiger partial charge in [0.1, 0.15) is 5.60 Å². The Balaban J connectivity index is 1.39. The van der Waals surface area contributed by atoms with Gasteiger partial charge in [-0.3, -0.25) is 0 Å². The second-order valence-corrected chi connectivity index (χ2v) is 9.63. The summed E-state index contributed by atoms with van der Waals surface area (Å²) < 4.78 is 5.53. The van der Waals surface area contributed by atoms with Crippen LogP contribution in [0.15, 0.2) is 60.7 Å². The minimum absolute atomic E-state index is 0.199. The number of carbonyl (C=O) groups is 1. The molecule has 32 heavy (non-hydrogen) atoms. The van der Waals surface area contributed by atoms with Crippen LogP contribution < -0.4 is 10.6 Å². The maximum absolute atomic E-state index is 12.3. The first-order valence-electron chi connectivity index (χ1n) is 11.9. The van der Waals surface area contributed by atoms with Crippen molar-refractivity contribution >= 4 is 6.09 Å². The molecule has 1 saturated heterocycles. The number of nitrogens with one attached hydrogen (secondary N) is 2. The molecule has 1 aliphatic rings. The van der Waals surface area contributed by atoms with E-state index in [1.807, 2.05) is 25.7 Å². The molecule has 3 rings (SSSR count). The van der Waals surface area contributed by atoms with Crippen LogP contribution in [-0.2, 0) is 4.74 Å². The van der Waals surface area contributed by atoms with Crippen molar-refractivity contribution in [3.05, 3.63) is 71.8 Å². The zero-order valence-electron chi connectivity index (χ0n) is 19.8. The summed E-state index contributed by atoms with van der Waals surface area (Å²) in [6.07, 6.45) is 2.97. The van der Waals surface area contributed by atoms with Crippen LogP contribution in [-0.4, -0.2) is 55.4 Å². The van der Waals surface area contributed by atoms with Gasteiger partial charge >= 0.3 is 6.09 Å². The van der Waals surface area contributed by atoms with E-state index < -0.39 is 5.60 Å². The van der Waals surface area contributed by atoms with Gasteiger partial charge in [0.25, 0.3) is 0 Å². The number of hydrogen-bond acceptors (Lipinski definition) is 4. The standard InChI is InChI=1S/C27H39N3O2/c1-27(2,3)32-26(31)30-20-10-15-24(21-30)29-19-18-28-17-16-25(22-11-6-4-7-12-22)23-13-8-5-9-14-23/h4-9,11-14,24-25,28-29H,10,15-21H2,1-3H3/t24-/m1/s1. The van der Waals surface area contributed by atoms with Gasteiger partial charge in [-0.25, -0.2) is 4.79 Å². The minimum Gasteiger partial charge on any atom is -0.444 e. The average Bonchev–Trinajstić information content (AvgIpc) is 2.79. The second kappa shape index (κ2) is 12.0. The highest BCUT2D eigenvalue weighted by atomic mass is 16.6.